The monoisotopic (exact) mass is 225 g/mol. The van der Waals surface area contributed by atoms with E-state index in [9.17, 15) is 0 Å². The van der Waals surface area contributed by atoms with Crippen molar-refractivity contribution < 1.29 is 0 Å². The average Bonchev–Trinajstić information content (AvgIpc) is 2.71. The molecule has 5 nitrogen and oxygen atoms in total. The van der Waals surface area contributed by atoms with Crippen LogP contribution in [0.25, 0.3) is 5.65 Å². The van der Waals surface area contributed by atoms with Gasteiger partial charge in [0.2, 0.25) is 0 Å². The smallest absolute Gasteiger partial charge is 0.150 e. The Hall–Kier alpha value is -2.43. The number of hydrogen-bond donors (Lipinski definition) is 1. The second-order valence-corrected chi connectivity index (χ2v) is 3.71. The molecule has 3 aromatic heterocycles. The van der Waals surface area contributed by atoms with Gasteiger partial charge < -0.3 is 9.72 Å². The van der Waals surface area contributed by atoms with Crippen LogP contribution in [0.2, 0.25) is 0 Å². The lowest BCUT2D eigenvalue weighted by atomic mass is 10.5. The van der Waals surface area contributed by atoms with Gasteiger partial charge in [0.15, 0.2) is 5.82 Å². The first-order valence-corrected chi connectivity index (χ1v) is 5.32. The molecular formula is C12H11N5. The predicted molar refractivity (Wildman–Crippen MR) is 65.2 cm³/mol. The number of pyridine rings is 1. The fraction of sp³-hybridized carbons (Fsp3) is 0.0833. The highest BCUT2D eigenvalue weighted by Crippen LogP contribution is 2.14. The molecule has 0 amide bonds. The third-order valence-corrected chi connectivity index (χ3v) is 2.40. The van der Waals surface area contributed by atoms with E-state index in [1.165, 1.54) is 0 Å². The minimum Gasteiger partial charge on any atom is -0.324 e. The van der Waals surface area contributed by atoms with Gasteiger partial charge in [-0.2, -0.15) is 0 Å². The number of nitrogens with zero attached hydrogens (tertiary/aromatic N) is 4. The summed E-state index contributed by atoms with van der Waals surface area (Å²) in [5.41, 5.74) is 0.903. The van der Waals surface area contributed by atoms with E-state index in [0.717, 1.165) is 23.1 Å². The zero-order chi connectivity index (χ0) is 11.7. The second kappa shape index (κ2) is 3.86. The van der Waals surface area contributed by atoms with Gasteiger partial charge in [-0.15, -0.1) is 0 Å². The summed E-state index contributed by atoms with van der Waals surface area (Å²) in [4.78, 5) is 12.7. The Labute approximate surface area is 98.2 Å². The number of aryl methyl sites for hydroxylation is 1. The summed E-state index contributed by atoms with van der Waals surface area (Å²) in [7, 11) is 0. The first-order chi connectivity index (χ1) is 8.31. The van der Waals surface area contributed by atoms with E-state index < -0.39 is 0 Å². The molecule has 0 aliphatic rings. The summed E-state index contributed by atoms with van der Waals surface area (Å²) < 4.78 is 1.95. The Balaban J connectivity index is 1.94. The van der Waals surface area contributed by atoms with Gasteiger partial charge in [-0.3, -0.25) is 0 Å². The third-order valence-electron chi connectivity index (χ3n) is 2.40. The topological polar surface area (TPSA) is 55.1 Å². The first-order valence-electron chi connectivity index (χ1n) is 5.32. The molecule has 0 atom stereocenters. The third kappa shape index (κ3) is 1.94. The molecule has 0 spiro atoms. The lowest BCUT2D eigenvalue weighted by molar-refractivity contribution is 1.05. The standard InChI is InChI=1S/C12H11N5/c1-9-13-6-5-10(14-9)15-11-8-17-7-3-2-4-12(17)16-11/h2-8H,1H3,(H,13,14,15). The Kier molecular flexibility index (Phi) is 2.22. The molecule has 3 heterocycles. The van der Waals surface area contributed by atoms with Crippen molar-refractivity contribution in [3.05, 3.63) is 48.7 Å². The van der Waals surface area contributed by atoms with Crippen LogP contribution in [-0.2, 0) is 0 Å². The average molecular weight is 225 g/mol. The van der Waals surface area contributed by atoms with Gasteiger partial charge in [-0.1, -0.05) is 6.07 Å². The largest absolute Gasteiger partial charge is 0.324 e. The molecule has 0 aliphatic heterocycles. The molecule has 0 unspecified atom stereocenters. The van der Waals surface area contributed by atoms with E-state index in [4.69, 9.17) is 0 Å². The number of imidazole rings is 1. The quantitative estimate of drug-likeness (QED) is 0.726. The maximum atomic E-state index is 4.43. The molecule has 0 saturated carbocycles. The predicted octanol–water partition coefficient (Wildman–Crippen LogP) is 2.18. The van der Waals surface area contributed by atoms with Gasteiger partial charge in [-0.05, 0) is 25.1 Å². The fourth-order valence-corrected chi connectivity index (χ4v) is 1.65. The molecule has 0 saturated heterocycles. The van der Waals surface area contributed by atoms with E-state index in [2.05, 4.69) is 20.3 Å². The molecule has 0 aliphatic carbocycles. The molecule has 0 fully saturated rings. The number of fused-ring (bicyclic) bond motifs is 1. The molecule has 5 heteroatoms. The van der Waals surface area contributed by atoms with E-state index in [0.29, 0.717) is 0 Å². The van der Waals surface area contributed by atoms with Crippen molar-refractivity contribution >= 4 is 17.3 Å². The number of anilines is 2. The summed E-state index contributed by atoms with van der Waals surface area (Å²) in [5.74, 6) is 2.26. The summed E-state index contributed by atoms with van der Waals surface area (Å²) in [6.07, 6.45) is 5.60. The van der Waals surface area contributed by atoms with Gasteiger partial charge in [0.25, 0.3) is 0 Å². The van der Waals surface area contributed by atoms with Crippen molar-refractivity contribution in [2.24, 2.45) is 0 Å². The number of hydrogen-bond acceptors (Lipinski definition) is 4. The Morgan fingerprint density at radius 3 is 2.88 bits per heavy atom. The van der Waals surface area contributed by atoms with Gasteiger partial charge in [0.05, 0.1) is 6.20 Å². The molecule has 0 bridgehead atoms. The highest BCUT2D eigenvalue weighted by Gasteiger charge is 2.01. The zero-order valence-electron chi connectivity index (χ0n) is 9.33. The van der Waals surface area contributed by atoms with E-state index in [1.807, 2.05) is 48.0 Å². The summed E-state index contributed by atoms with van der Waals surface area (Å²) in [6, 6.07) is 7.70. The van der Waals surface area contributed by atoms with Crippen LogP contribution >= 0.6 is 0 Å². The van der Waals surface area contributed by atoms with Crippen LogP contribution in [0.4, 0.5) is 11.6 Å². The van der Waals surface area contributed by atoms with E-state index in [1.54, 1.807) is 6.20 Å². The Bertz CT molecular complexity index is 626. The molecular weight excluding hydrogens is 214 g/mol. The highest BCUT2D eigenvalue weighted by molar-refractivity contribution is 5.55. The van der Waals surface area contributed by atoms with Crippen LogP contribution in [-0.4, -0.2) is 19.4 Å². The normalized spacial score (nSPS) is 10.6. The number of rotatable bonds is 2. The second-order valence-electron chi connectivity index (χ2n) is 3.71. The van der Waals surface area contributed by atoms with E-state index in [-0.39, 0.29) is 0 Å². The van der Waals surface area contributed by atoms with Crippen LogP contribution in [0.15, 0.2) is 42.9 Å². The maximum Gasteiger partial charge on any atom is 0.150 e. The van der Waals surface area contributed by atoms with Crippen LogP contribution < -0.4 is 5.32 Å². The molecule has 17 heavy (non-hydrogen) atoms. The van der Waals surface area contributed by atoms with Gasteiger partial charge >= 0.3 is 0 Å². The SMILES string of the molecule is Cc1nccc(Nc2cn3ccccc3n2)n1. The lowest BCUT2D eigenvalue weighted by Crippen LogP contribution is -1.96. The van der Waals surface area contributed by atoms with Crippen LogP contribution in [0.5, 0.6) is 0 Å². The van der Waals surface area contributed by atoms with E-state index >= 15 is 0 Å². The molecule has 1 N–H and O–H groups in total. The molecule has 3 aromatic rings. The molecule has 3 rings (SSSR count). The van der Waals surface area contributed by atoms with Crippen molar-refractivity contribution in [1.29, 1.82) is 0 Å². The van der Waals surface area contributed by atoms with Crippen molar-refractivity contribution in [3.8, 4) is 0 Å². The van der Waals surface area contributed by atoms with Crippen molar-refractivity contribution in [3.63, 3.8) is 0 Å². The summed E-state index contributed by atoms with van der Waals surface area (Å²) >= 11 is 0. The zero-order valence-corrected chi connectivity index (χ0v) is 9.33. The minimum atomic E-state index is 0.735. The molecule has 0 radical (unpaired) electrons. The molecule has 0 aromatic carbocycles. The van der Waals surface area contributed by atoms with Gasteiger partial charge in [0.1, 0.15) is 17.3 Å². The fourth-order valence-electron chi connectivity index (χ4n) is 1.65. The maximum absolute atomic E-state index is 4.43. The Morgan fingerprint density at radius 2 is 2.06 bits per heavy atom. The summed E-state index contributed by atoms with van der Waals surface area (Å²) in [6.45, 7) is 1.86. The first kappa shape index (κ1) is 9.77. The van der Waals surface area contributed by atoms with Crippen LogP contribution in [0.3, 0.4) is 0 Å². The molecule has 84 valence electrons. The van der Waals surface area contributed by atoms with Crippen molar-refractivity contribution in [2.75, 3.05) is 5.32 Å². The highest BCUT2D eigenvalue weighted by atomic mass is 15.1. The lowest BCUT2D eigenvalue weighted by Gasteiger charge is -2.00. The van der Waals surface area contributed by atoms with Crippen molar-refractivity contribution in [1.82, 2.24) is 19.4 Å². The minimum absolute atomic E-state index is 0.735. The van der Waals surface area contributed by atoms with Gasteiger partial charge in [0, 0.05) is 12.4 Å². The number of aromatic nitrogens is 4. The number of nitrogens with one attached hydrogen (secondary N) is 1. The van der Waals surface area contributed by atoms with Crippen LogP contribution in [0.1, 0.15) is 5.82 Å². The van der Waals surface area contributed by atoms with Crippen molar-refractivity contribution in [2.45, 2.75) is 6.92 Å². The Morgan fingerprint density at radius 1 is 1.12 bits per heavy atom. The van der Waals surface area contributed by atoms with Gasteiger partial charge in [-0.25, -0.2) is 15.0 Å². The van der Waals surface area contributed by atoms with Crippen LogP contribution in [0, 0.1) is 6.92 Å². The summed E-state index contributed by atoms with van der Waals surface area (Å²) in [5, 5.41) is 3.15.